The van der Waals surface area contributed by atoms with E-state index in [1.807, 2.05) is 19.9 Å². The van der Waals surface area contributed by atoms with Crippen LogP contribution >= 0.6 is 0 Å². The van der Waals surface area contributed by atoms with E-state index in [4.69, 9.17) is 9.52 Å². The van der Waals surface area contributed by atoms with E-state index in [1.54, 1.807) is 6.92 Å². The normalized spacial score (nSPS) is 14.1. The molecule has 0 aromatic carbocycles. The number of hydrogen-bond donors (Lipinski definition) is 2. The minimum Gasteiger partial charge on any atom is -0.481 e. The van der Waals surface area contributed by atoms with Gasteiger partial charge in [0.25, 0.3) is 0 Å². The highest BCUT2D eigenvalue weighted by atomic mass is 16.4. The quantitative estimate of drug-likeness (QED) is 0.785. The largest absolute Gasteiger partial charge is 0.481 e. The van der Waals surface area contributed by atoms with Crippen LogP contribution in [0.2, 0.25) is 0 Å². The Morgan fingerprint density at radius 3 is 2.35 bits per heavy atom. The number of amides is 1. The summed E-state index contributed by atoms with van der Waals surface area (Å²) in [7, 11) is 0. The molecule has 1 rings (SSSR count). The third kappa shape index (κ3) is 3.09. The van der Waals surface area contributed by atoms with Crippen LogP contribution in [0.15, 0.2) is 10.5 Å². The Bertz CT molecular complexity index is 436. The fourth-order valence-electron chi connectivity index (χ4n) is 1.61. The zero-order valence-electron chi connectivity index (χ0n) is 10.4. The summed E-state index contributed by atoms with van der Waals surface area (Å²) in [4.78, 5) is 22.2. The van der Waals surface area contributed by atoms with Crippen LogP contribution in [0.5, 0.6) is 0 Å². The van der Waals surface area contributed by atoms with Crippen molar-refractivity contribution in [2.75, 3.05) is 0 Å². The van der Waals surface area contributed by atoms with Gasteiger partial charge in [-0.3, -0.25) is 9.59 Å². The Morgan fingerprint density at radius 1 is 1.35 bits per heavy atom. The summed E-state index contributed by atoms with van der Waals surface area (Å²) < 4.78 is 5.36. The molecular weight excluding hydrogens is 222 g/mol. The number of carbonyl (C=O) groups is 2. The molecule has 2 N–H and O–H groups in total. The highest BCUT2D eigenvalue weighted by Crippen LogP contribution is 2.21. The van der Waals surface area contributed by atoms with Crippen molar-refractivity contribution in [3.63, 3.8) is 0 Å². The molecule has 2 atom stereocenters. The molecule has 1 aromatic rings. The van der Waals surface area contributed by atoms with Crippen LogP contribution in [0.4, 0.5) is 0 Å². The molecule has 1 amide bonds. The fraction of sp³-hybridized carbons (Fsp3) is 0.500. The second-order valence-electron chi connectivity index (χ2n) is 4.16. The molecule has 0 bridgehead atoms. The number of furan rings is 1. The van der Waals surface area contributed by atoms with Crippen LogP contribution in [-0.4, -0.2) is 17.0 Å². The third-order valence-electron chi connectivity index (χ3n) is 2.67. The van der Waals surface area contributed by atoms with Crippen molar-refractivity contribution in [1.29, 1.82) is 0 Å². The minimum atomic E-state index is -1.13. The summed E-state index contributed by atoms with van der Waals surface area (Å²) in [5, 5.41) is 11.4. The SMILES string of the molecule is Cc1cc(C(C)NC(=O)C(C)C(=O)O)c(C)o1. The summed E-state index contributed by atoms with van der Waals surface area (Å²) in [6.07, 6.45) is 0. The van der Waals surface area contributed by atoms with E-state index in [0.717, 1.165) is 17.1 Å². The average Bonchev–Trinajstić information content (AvgIpc) is 2.56. The molecule has 0 aliphatic rings. The molecule has 0 aliphatic heterocycles. The minimum absolute atomic E-state index is 0.262. The molecule has 5 heteroatoms. The molecular formula is C12H17NO4. The van der Waals surface area contributed by atoms with Gasteiger partial charge in [-0.15, -0.1) is 0 Å². The zero-order valence-corrected chi connectivity index (χ0v) is 10.4. The van der Waals surface area contributed by atoms with Crippen LogP contribution in [0.25, 0.3) is 0 Å². The standard InChI is InChI=1S/C12H17NO4/c1-6-5-10(9(4)17-6)8(3)13-11(14)7(2)12(15)16/h5,7-8H,1-4H3,(H,13,14)(H,15,16). The average molecular weight is 239 g/mol. The van der Waals surface area contributed by atoms with E-state index >= 15 is 0 Å². The van der Waals surface area contributed by atoms with Crippen molar-refractivity contribution in [2.45, 2.75) is 33.7 Å². The Balaban J connectivity index is 2.73. The van der Waals surface area contributed by atoms with Crippen molar-refractivity contribution < 1.29 is 19.1 Å². The van der Waals surface area contributed by atoms with Gasteiger partial charge in [0.1, 0.15) is 17.4 Å². The molecule has 0 saturated carbocycles. The molecule has 17 heavy (non-hydrogen) atoms. The molecule has 0 aliphatic carbocycles. The first-order valence-electron chi connectivity index (χ1n) is 5.43. The maximum absolute atomic E-state index is 11.6. The third-order valence-corrected chi connectivity index (χ3v) is 2.67. The number of carbonyl (C=O) groups excluding carboxylic acids is 1. The molecule has 0 radical (unpaired) electrons. The van der Waals surface area contributed by atoms with Crippen molar-refractivity contribution in [1.82, 2.24) is 5.32 Å². The lowest BCUT2D eigenvalue weighted by Gasteiger charge is -2.15. The van der Waals surface area contributed by atoms with Crippen LogP contribution in [0, 0.1) is 19.8 Å². The monoisotopic (exact) mass is 239 g/mol. The van der Waals surface area contributed by atoms with Crippen LogP contribution in [0.1, 0.15) is 37.0 Å². The first-order chi connectivity index (χ1) is 7.82. The summed E-state index contributed by atoms with van der Waals surface area (Å²) in [6, 6.07) is 1.58. The number of aliphatic carboxylic acids is 1. The Hall–Kier alpha value is -1.78. The molecule has 0 spiro atoms. The summed E-state index contributed by atoms with van der Waals surface area (Å²) in [5.41, 5.74) is 0.869. The lowest BCUT2D eigenvalue weighted by atomic mass is 10.1. The van der Waals surface area contributed by atoms with E-state index in [2.05, 4.69) is 5.32 Å². The summed E-state index contributed by atoms with van der Waals surface area (Å²) in [6.45, 7) is 6.79. The molecule has 0 fully saturated rings. The van der Waals surface area contributed by atoms with Crippen molar-refractivity contribution in [3.8, 4) is 0 Å². The van der Waals surface area contributed by atoms with E-state index in [0.29, 0.717) is 0 Å². The lowest BCUT2D eigenvalue weighted by molar-refractivity contribution is -0.146. The Morgan fingerprint density at radius 2 is 1.94 bits per heavy atom. The molecule has 2 unspecified atom stereocenters. The van der Waals surface area contributed by atoms with Crippen LogP contribution in [0.3, 0.4) is 0 Å². The van der Waals surface area contributed by atoms with Gasteiger partial charge >= 0.3 is 5.97 Å². The summed E-state index contributed by atoms with van der Waals surface area (Å²) >= 11 is 0. The van der Waals surface area contributed by atoms with Gasteiger partial charge in [0, 0.05) is 5.56 Å². The zero-order chi connectivity index (χ0) is 13.2. The van der Waals surface area contributed by atoms with E-state index < -0.39 is 17.8 Å². The van der Waals surface area contributed by atoms with Crippen LogP contribution in [-0.2, 0) is 9.59 Å². The molecule has 1 heterocycles. The number of carboxylic acid groups (broad SMARTS) is 1. The first-order valence-corrected chi connectivity index (χ1v) is 5.43. The smallest absolute Gasteiger partial charge is 0.315 e. The highest BCUT2D eigenvalue weighted by molar-refractivity contribution is 5.96. The lowest BCUT2D eigenvalue weighted by Crippen LogP contribution is -2.35. The maximum Gasteiger partial charge on any atom is 0.315 e. The Labute approximate surface area is 99.8 Å². The second-order valence-corrected chi connectivity index (χ2v) is 4.16. The van der Waals surface area contributed by atoms with Gasteiger partial charge in [0.15, 0.2) is 0 Å². The van der Waals surface area contributed by atoms with E-state index in [-0.39, 0.29) is 6.04 Å². The second kappa shape index (κ2) is 5.03. The van der Waals surface area contributed by atoms with Crippen molar-refractivity contribution in [2.24, 2.45) is 5.92 Å². The van der Waals surface area contributed by atoms with Gasteiger partial charge in [-0.25, -0.2) is 0 Å². The first kappa shape index (κ1) is 13.3. The number of rotatable bonds is 4. The van der Waals surface area contributed by atoms with Gasteiger partial charge in [0.2, 0.25) is 5.91 Å². The van der Waals surface area contributed by atoms with Gasteiger partial charge in [-0.2, -0.15) is 0 Å². The predicted octanol–water partition coefficient (Wildman–Crippen LogP) is 1.79. The number of carboxylic acids is 1. The molecule has 1 aromatic heterocycles. The maximum atomic E-state index is 11.6. The van der Waals surface area contributed by atoms with Crippen molar-refractivity contribution in [3.05, 3.63) is 23.2 Å². The Kier molecular flexibility index (Phi) is 3.93. The van der Waals surface area contributed by atoms with E-state index in [9.17, 15) is 9.59 Å². The van der Waals surface area contributed by atoms with Crippen molar-refractivity contribution >= 4 is 11.9 Å². The topological polar surface area (TPSA) is 79.5 Å². The van der Waals surface area contributed by atoms with Gasteiger partial charge < -0.3 is 14.8 Å². The molecule has 94 valence electrons. The van der Waals surface area contributed by atoms with Gasteiger partial charge in [-0.05, 0) is 33.8 Å². The van der Waals surface area contributed by atoms with Crippen LogP contribution < -0.4 is 5.32 Å². The molecule has 0 saturated heterocycles. The summed E-state index contributed by atoms with van der Waals surface area (Å²) in [5.74, 6) is -1.17. The van der Waals surface area contributed by atoms with E-state index in [1.165, 1.54) is 6.92 Å². The predicted molar refractivity (Wildman–Crippen MR) is 61.5 cm³/mol. The number of aryl methyl sites for hydroxylation is 2. The van der Waals surface area contributed by atoms with Gasteiger partial charge in [-0.1, -0.05) is 0 Å². The molecule has 5 nitrogen and oxygen atoms in total. The fourth-order valence-corrected chi connectivity index (χ4v) is 1.61. The number of nitrogens with one attached hydrogen (secondary N) is 1. The van der Waals surface area contributed by atoms with Gasteiger partial charge in [0.05, 0.1) is 6.04 Å². The number of hydrogen-bond acceptors (Lipinski definition) is 3. The highest BCUT2D eigenvalue weighted by Gasteiger charge is 2.23.